The Bertz CT molecular complexity index is 408. The van der Waals surface area contributed by atoms with Crippen LogP contribution in [0.15, 0.2) is 24.3 Å². The highest BCUT2D eigenvalue weighted by Crippen LogP contribution is 2.32. The lowest BCUT2D eigenvalue weighted by Crippen LogP contribution is -2.35. The van der Waals surface area contributed by atoms with Gasteiger partial charge in [0.15, 0.2) is 0 Å². The van der Waals surface area contributed by atoms with E-state index in [1.807, 2.05) is 0 Å². The second-order valence-electron chi connectivity index (χ2n) is 6.90. The minimum atomic E-state index is 0.384. The van der Waals surface area contributed by atoms with E-state index in [0.29, 0.717) is 18.0 Å². The molecule has 1 unspecified atom stereocenters. The minimum Gasteiger partial charge on any atom is -0.329 e. The maximum Gasteiger partial charge on any atom is 0.0470 e. The van der Waals surface area contributed by atoms with Gasteiger partial charge in [-0.1, -0.05) is 45.0 Å². The Balaban J connectivity index is 2.10. The Hall–Kier alpha value is -0.860. The van der Waals surface area contributed by atoms with Gasteiger partial charge in [0, 0.05) is 12.6 Å². The molecule has 2 N–H and O–H groups in total. The molecule has 1 aliphatic heterocycles. The molecule has 1 aromatic carbocycles. The molecular formula is C18H30N2. The topological polar surface area (TPSA) is 29.3 Å². The summed E-state index contributed by atoms with van der Waals surface area (Å²) in [5.41, 5.74) is 9.35. The molecule has 1 atom stereocenters. The largest absolute Gasteiger partial charge is 0.329 e. The number of benzene rings is 1. The Morgan fingerprint density at radius 3 is 2.45 bits per heavy atom. The molecule has 0 spiro atoms. The highest BCUT2D eigenvalue weighted by atomic mass is 15.2. The molecule has 0 bridgehead atoms. The minimum absolute atomic E-state index is 0.384. The Kier molecular flexibility index (Phi) is 5.22. The molecule has 20 heavy (non-hydrogen) atoms. The number of nitrogens with zero attached hydrogens (tertiary/aromatic N) is 1. The van der Waals surface area contributed by atoms with Crippen LogP contribution in [0, 0.1) is 5.41 Å². The summed E-state index contributed by atoms with van der Waals surface area (Å²) < 4.78 is 0. The van der Waals surface area contributed by atoms with E-state index >= 15 is 0 Å². The lowest BCUT2D eigenvalue weighted by atomic mass is 9.85. The van der Waals surface area contributed by atoms with E-state index in [-0.39, 0.29) is 0 Å². The smallest absolute Gasteiger partial charge is 0.0470 e. The van der Waals surface area contributed by atoms with Gasteiger partial charge in [-0.2, -0.15) is 0 Å². The van der Waals surface area contributed by atoms with Crippen molar-refractivity contribution in [1.82, 2.24) is 4.90 Å². The van der Waals surface area contributed by atoms with E-state index in [1.165, 1.54) is 43.5 Å². The number of rotatable bonds is 4. The van der Waals surface area contributed by atoms with Crippen molar-refractivity contribution < 1.29 is 0 Å². The normalized spacial score (nSPS) is 21.4. The third kappa shape index (κ3) is 3.83. The van der Waals surface area contributed by atoms with Crippen molar-refractivity contribution in [3.63, 3.8) is 0 Å². The molecule has 2 nitrogen and oxygen atoms in total. The average molecular weight is 274 g/mol. The summed E-state index contributed by atoms with van der Waals surface area (Å²) in [7, 11) is 0. The van der Waals surface area contributed by atoms with Gasteiger partial charge in [0.25, 0.3) is 0 Å². The first-order chi connectivity index (χ1) is 9.55. The zero-order chi connectivity index (χ0) is 14.6. The molecule has 0 aromatic heterocycles. The summed E-state index contributed by atoms with van der Waals surface area (Å²) in [6.07, 6.45) is 4.99. The van der Waals surface area contributed by atoms with Gasteiger partial charge in [-0.25, -0.2) is 0 Å². The molecule has 0 radical (unpaired) electrons. The summed E-state index contributed by atoms with van der Waals surface area (Å²) in [5.74, 6) is 0. The maximum absolute atomic E-state index is 6.08. The average Bonchev–Trinajstić information content (AvgIpc) is 2.62. The lowest BCUT2D eigenvalue weighted by Gasteiger charge is -2.31. The van der Waals surface area contributed by atoms with Gasteiger partial charge in [0.2, 0.25) is 0 Å². The fraction of sp³-hybridized carbons (Fsp3) is 0.667. The van der Waals surface area contributed by atoms with Crippen LogP contribution in [0.5, 0.6) is 0 Å². The van der Waals surface area contributed by atoms with Gasteiger partial charge in [0.1, 0.15) is 0 Å². The maximum atomic E-state index is 6.08. The van der Waals surface area contributed by atoms with Crippen molar-refractivity contribution in [3.8, 4) is 0 Å². The zero-order valence-electron chi connectivity index (χ0n) is 13.4. The summed E-state index contributed by atoms with van der Waals surface area (Å²) in [6.45, 7) is 10.1. The molecule has 1 fully saturated rings. The van der Waals surface area contributed by atoms with Crippen molar-refractivity contribution in [2.24, 2.45) is 11.1 Å². The van der Waals surface area contributed by atoms with Gasteiger partial charge in [-0.3, -0.25) is 4.90 Å². The lowest BCUT2D eigenvalue weighted by molar-refractivity contribution is 0.200. The van der Waals surface area contributed by atoms with E-state index in [4.69, 9.17) is 5.73 Å². The van der Waals surface area contributed by atoms with Crippen LogP contribution in [-0.4, -0.2) is 24.5 Å². The summed E-state index contributed by atoms with van der Waals surface area (Å²) >= 11 is 0. The molecular weight excluding hydrogens is 244 g/mol. The van der Waals surface area contributed by atoms with E-state index in [2.05, 4.69) is 49.9 Å². The number of likely N-dealkylation sites (tertiary alicyclic amines) is 1. The van der Waals surface area contributed by atoms with Gasteiger partial charge in [0.05, 0.1) is 0 Å². The van der Waals surface area contributed by atoms with Crippen LogP contribution in [0.2, 0.25) is 0 Å². The Labute approximate surface area is 124 Å². The van der Waals surface area contributed by atoms with Gasteiger partial charge in [-0.15, -0.1) is 0 Å². The summed E-state index contributed by atoms with van der Waals surface area (Å²) in [4.78, 5) is 2.59. The van der Waals surface area contributed by atoms with Crippen LogP contribution in [0.1, 0.15) is 57.2 Å². The number of aryl methyl sites for hydroxylation is 1. The molecule has 1 heterocycles. The van der Waals surface area contributed by atoms with E-state index in [1.54, 1.807) is 0 Å². The van der Waals surface area contributed by atoms with Gasteiger partial charge >= 0.3 is 0 Å². The molecule has 1 aromatic rings. The van der Waals surface area contributed by atoms with E-state index in [9.17, 15) is 0 Å². The molecule has 0 amide bonds. The highest BCUT2D eigenvalue weighted by Gasteiger charge is 2.27. The van der Waals surface area contributed by atoms with Crippen molar-refractivity contribution in [2.75, 3.05) is 19.6 Å². The van der Waals surface area contributed by atoms with Gasteiger partial charge in [-0.05, 0) is 55.3 Å². The molecule has 0 aliphatic carbocycles. The number of hydrogen-bond acceptors (Lipinski definition) is 2. The SMILES string of the molecule is CCc1ccc(C(CN)N2CCCC(C)(C)CC2)cc1. The third-order valence-corrected chi connectivity index (χ3v) is 4.81. The molecule has 2 heteroatoms. The van der Waals surface area contributed by atoms with Crippen molar-refractivity contribution in [2.45, 2.75) is 52.5 Å². The molecule has 112 valence electrons. The van der Waals surface area contributed by atoms with Crippen LogP contribution in [0.4, 0.5) is 0 Å². The summed E-state index contributed by atoms with van der Waals surface area (Å²) in [6, 6.07) is 9.42. The second kappa shape index (κ2) is 6.73. The first-order valence-electron chi connectivity index (χ1n) is 8.08. The summed E-state index contributed by atoms with van der Waals surface area (Å²) in [5, 5.41) is 0. The standard InChI is InChI=1S/C18H30N2/c1-4-15-6-8-16(9-7-15)17(14-19)20-12-5-10-18(2,3)11-13-20/h6-9,17H,4-5,10-14,19H2,1-3H3. The van der Waals surface area contributed by atoms with Gasteiger partial charge < -0.3 is 5.73 Å². The van der Waals surface area contributed by atoms with E-state index in [0.717, 1.165) is 6.42 Å². The Morgan fingerprint density at radius 2 is 1.85 bits per heavy atom. The fourth-order valence-electron chi connectivity index (χ4n) is 3.23. The first kappa shape index (κ1) is 15.5. The highest BCUT2D eigenvalue weighted by molar-refractivity contribution is 5.25. The fourth-order valence-corrected chi connectivity index (χ4v) is 3.23. The van der Waals surface area contributed by atoms with E-state index < -0.39 is 0 Å². The zero-order valence-corrected chi connectivity index (χ0v) is 13.4. The van der Waals surface area contributed by atoms with Crippen LogP contribution in [-0.2, 0) is 6.42 Å². The quantitative estimate of drug-likeness (QED) is 0.906. The monoisotopic (exact) mass is 274 g/mol. The number of hydrogen-bond donors (Lipinski definition) is 1. The van der Waals surface area contributed by atoms with Crippen molar-refractivity contribution >= 4 is 0 Å². The number of nitrogens with two attached hydrogens (primary N) is 1. The molecule has 1 aliphatic rings. The molecule has 0 saturated carbocycles. The molecule has 1 saturated heterocycles. The van der Waals surface area contributed by atoms with Crippen LogP contribution in [0.3, 0.4) is 0 Å². The predicted molar refractivity (Wildman–Crippen MR) is 86.8 cm³/mol. The third-order valence-electron chi connectivity index (χ3n) is 4.81. The first-order valence-corrected chi connectivity index (χ1v) is 8.08. The Morgan fingerprint density at radius 1 is 1.15 bits per heavy atom. The van der Waals surface area contributed by atoms with Crippen LogP contribution >= 0.6 is 0 Å². The second-order valence-corrected chi connectivity index (χ2v) is 6.90. The van der Waals surface area contributed by atoms with Crippen molar-refractivity contribution in [3.05, 3.63) is 35.4 Å². The molecule has 2 rings (SSSR count). The van der Waals surface area contributed by atoms with Crippen LogP contribution in [0.25, 0.3) is 0 Å². The predicted octanol–water partition coefficient (Wildman–Crippen LogP) is 3.76. The van der Waals surface area contributed by atoms with Crippen LogP contribution < -0.4 is 5.73 Å². The van der Waals surface area contributed by atoms with Crippen molar-refractivity contribution in [1.29, 1.82) is 0 Å².